The van der Waals surface area contributed by atoms with Crippen molar-refractivity contribution in [2.75, 3.05) is 5.32 Å². The first-order valence-corrected chi connectivity index (χ1v) is 6.64. The minimum atomic E-state index is -0.302. The van der Waals surface area contributed by atoms with Gasteiger partial charge in [0, 0.05) is 22.8 Å². The summed E-state index contributed by atoms with van der Waals surface area (Å²) in [5.41, 5.74) is 3.38. The summed E-state index contributed by atoms with van der Waals surface area (Å²) < 4.78 is 13.7. The van der Waals surface area contributed by atoms with Crippen LogP contribution in [-0.4, -0.2) is 9.97 Å². The molecule has 0 unspecified atom stereocenters. The van der Waals surface area contributed by atoms with Gasteiger partial charge in [-0.25, -0.2) is 9.37 Å². The summed E-state index contributed by atoms with van der Waals surface area (Å²) >= 11 is 5.73. The molecule has 2 N–H and O–H groups in total. The van der Waals surface area contributed by atoms with Crippen LogP contribution in [0.5, 0.6) is 0 Å². The summed E-state index contributed by atoms with van der Waals surface area (Å²) in [6.07, 6.45) is 0. The van der Waals surface area contributed by atoms with Crippen LogP contribution in [0.1, 0.15) is 11.4 Å². The van der Waals surface area contributed by atoms with Crippen molar-refractivity contribution in [1.29, 1.82) is 0 Å². The predicted octanol–water partition coefficient (Wildman–Crippen LogP) is 4.28. The fourth-order valence-electron chi connectivity index (χ4n) is 2.11. The van der Waals surface area contributed by atoms with Crippen molar-refractivity contribution in [3.05, 3.63) is 58.6 Å². The molecule has 0 aliphatic heterocycles. The van der Waals surface area contributed by atoms with Crippen molar-refractivity contribution in [3.63, 3.8) is 0 Å². The summed E-state index contributed by atoms with van der Waals surface area (Å²) in [5.74, 6) is 0.573. The molecule has 0 radical (unpaired) electrons. The molecule has 1 heterocycles. The number of aryl methyl sites for hydroxylation is 1. The number of aromatic nitrogens is 2. The van der Waals surface area contributed by atoms with Crippen LogP contribution in [0.2, 0.25) is 5.02 Å². The molecule has 0 aliphatic rings. The van der Waals surface area contributed by atoms with Gasteiger partial charge in [0.25, 0.3) is 0 Å². The van der Waals surface area contributed by atoms with Gasteiger partial charge in [0.2, 0.25) is 0 Å². The molecule has 20 heavy (non-hydrogen) atoms. The van der Waals surface area contributed by atoms with Gasteiger partial charge >= 0.3 is 0 Å². The maximum absolute atomic E-state index is 13.7. The monoisotopic (exact) mass is 289 g/mol. The number of anilines is 1. The number of rotatable bonds is 3. The van der Waals surface area contributed by atoms with Gasteiger partial charge in [-0.1, -0.05) is 17.7 Å². The van der Waals surface area contributed by atoms with Crippen molar-refractivity contribution in [3.8, 4) is 0 Å². The van der Waals surface area contributed by atoms with E-state index in [1.165, 1.54) is 6.07 Å². The molecule has 3 rings (SSSR count). The quantitative estimate of drug-likeness (QED) is 0.756. The Morgan fingerprint density at radius 1 is 1.25 bits per heavy atom. The number of imidazole rings is 1. The first-order valence-electron chi connectivity index (χ1n) is 6.26. The molecule has 0 amide bonds. The molecule has 102 valence electrons. The molecule has 0 fully saturated rings. The third kappa shape index (κ3) is 2.60. The van der Waals surface area contributed by atoms with Gasteiger partial charge in [-0.15, -0.1) is 0 Å². The Morgan fingerprint density at radius 2 is 2.10 bits per heavy atom. The average molecular weight is 290 g/mol. The van der Waals surface area contributed by atoms with E-state index in [1.54, 1.807) is 12.1 Å². The lowest BCUT2D eigenvalue weighted by atomic mass is 10.2. The Morgan fingerprint density at radius 3 is 2.90 bits per heavy atom. The second kappa shape index (κ2) is 5.13. The molecular weight excluding hydrogens is 277 g/mol. The summed E-state index contributed by atoms with van der Waals surface area (Å²) in [4.78, 5) is 7.51. The lowest BCUT2D eigenvalue weighted by Crippen LogP contribution is -2.01. The van der Waals surface area contributed by atoms with Gasteiger partial charge in [0.1, 0.15) is 11.6 Å². The fraction of sp³-hybridized carbons (Fsp3) is 0.133. The number of hydrogen-bond acceptors (Lipinski definition) is 2. The standard InChI is InChI=1S/C15H13ClFN3/c1-9-19-14-5-4-12(7-15(14)20-9)18-8-10-2-3-11(16)6-13(10)17/h2-7,18H,8H2,1H3,(H,19,20). The maximum Gasteiger partial charge on any atom is 0.129 e. The Bertz CT molecular complexity index is 767. The van der Waals surface area contributed by atoms with Gasteiger partial charge in [-0.3, -0.25) is 0 Å². The zero-order valence-corrected chi connectivity index (χ0v) is 11.6. The third-order valence-electron chi connectivity index (χ3n) is 3.10. The van der Waals surface area contributed by atoms with E-state index in [1.807, 2.05) is 25.1 Å². The first kappa shape index (κ1) is 12.9. The van der Waals surface area contributed by atoms with E-state index in [4.69, 9.17) is 11.6 Å². The molecule has 5 heteroatoms. The highest BCUT2D eigenvalue weighted by molar-refractivity contribution is 6.30. The Kier molecular flexibility index (Phi) is 3.32. The second-order valence-corrected chi connectivity index (χ2v) is 5.08. The molecule has 2 aromatic carbocycles. The van der Waals surface area contributed by atoms with Crippen molar-refractivity contribution < 1.29 is 4.39 Å². The van der Waals surface area contributed by atoms with Crippen molar-refractivity contribution in [2.45, 2.75) is 13.5 Å². The second-order valence-electron chi connectivity index (χ2n) is 4.64. The highest BCUT2D eigenvalue weighted by atomic mass is 35.5. The first-order chi connectivity index (χ1) is 9.61. The zero-order chi connectivity index (χ0) is 14.1. The van der Waals surface area contributed by atoms with Crippen molar-refractivity contribution in [1.82, 2.24) is 9.97 Å². The average Bonchev–Trinajstić information content (AvgIpc) is 2.77. The van der Waals surface area contributed by atoms with Gasteiger partial charge in [-0.05, 0) is 37.3 Å². The number of fused-ring (bicyclic) bond motifs is 1. The van der Waals surface area contributed by atoms with E-state index in [2.05, 4.69) is 15.3 Å². The number of benzene rings is 2. The van der Waals surface area contributed by atoms with Gasteiger partial charge in [0.15, 0.2) is 0 Å². The fourth-order valence-corrected chi connectivity index (χ4v) is 2.27. The Labute approximate surface area is 120 Å². The highest BCUT2D eigenvalue weighted by Crippen LogP contribution is 2.19. The molecule has 0 bridgehead atoms. The molecule has 1 aromatic heterocycles. The minimum Gasteiger partial charge on any atom is -0.381 e. The Hall–Kier alpha value is -2.07. The van der Waals surface area contributed by atoms with E-state index in [-0.39, 0.29) is 5.82 Å². The van der Waals surface area contributed by atoms with E-state index in [0.29, 0.717) is 17.1 Å². The maximum atomic E-state index is 13.7. The summed E-state index contributed by atoms with van der Waals surface area (Å²) in [6.45, 7) is 2.32. The van der Waals surface area contributed by atoms with Crippen LogP contribution in [0, 0.1) is 12.7 Å². The van der Waals surface area contributed by atoms with Crippen LogP contribution in [0.3, 0.4) is 0 Å². The number of halogens is 2. The van der Waals surface area contributed by atoms with Gasteiger partial charge in [0.05, 0.1) is 11.0 Å². The molecule has 0 saturated heterocycles. The summed E-state index contributed by atoms with van der Waals surface area (Å²) in [5, 5.41) is 3.60. The third-order valence-corrected chi connectivity index (χ3v) is 3.33. The van der Waals surface area contributed by atoms with E-state index in [0.717, 1.165) is 22.5 Å². The van der Waals surface area contributed by atoms with Crippen LogP contribution in [0.25, 0.3) is 11.0 Å². The Balaban J connectivity index is 1.79. The lowest BCUT2D eigenvalue weighted by Gasteiger charge is -2.07. The largest absolute Gasteiger partial charge is 0.381 e. The van der Waals surface area contributed by atoms with E-state index >= 15 is 0 Å². The van der Waals surface area contributed by atoms with Crippen LogP contribution >= 0.6 is 11.6 Å². The lowest BCUT2D eigenvalue weighted by molar-refractivity contribution is 0.613. The van der Waals surface area contributed by atoms with Gasteiger partial charge < -0.3 is 10.3 Å². The molecule has 0 aliphatic carbocycles. The molecular formula is C15H13ClFN3. The van der Waals surface area contributed by atoms with Crippen LogP contribution < -0.4 is 5.32 Å². The molecule has 0 atom stereocenters. The van der Waals surface area contributed by atoms with Crippen LogP contribution in [0.4, 0.5) is 10.1 Å². The smallest absolute Gasteiger partial charge is 0.129 e. The molecule has 3 aromatic rings. The van der Waals surface area contributed by atoms with Crippen LogP contribution in [-0.2, 0) is 6.54 Å². The topological polar surface area (TPSA) is 40.7 Å². The summed E-state index contributed by atoms with van der Waals surface area (Å²) in [6, 6.07) is 10.5. The number of H-pyrrole nitrogens is 1. The zero-order valence-electron chi connectivity index (χ0n) is 10.9. The number of hydrogen-bond donors (Lipinski definition) is 2. The van der Waals surface area contributed by atoms with Gasteiger partial charge in [-0.2, -0.15) is 0 Å². The minimum absolute atomic E-state index is 0.302. The predicted molar refractivity (Wildman–Crippen MR) is 79.6 cm³/mol. The van der Waals surface area contributed by atoms with E-state index < -0.39 is 0 Å². The number of aromatic amines is 1. The SMILES string of the molecule is Cc1nc2ccc(NCc3ccc(Cl)cc3F)cc2[nH]1. The normalized spacial score (nSPS) is 10.9. The van der Waals surface area contributed by atoms with E-state index in [9.17, 15) is 4.39 Å². The molecule has 0 spiro atoms. The van der Waals surface area contributed by atoms with Crippen LogP contribution in [0.15, 0.2) is 36.4 Å². The molecule has 3 nitrogen and oxygen atoms in total. The van der Waals surface area contributed by atoms with Crippen molar-refractivity contribution >= 4 is 28.3 Å². The van der Waals surface area contributed by atoms with Crippen molar-refractivity contribution in [2.24, 2.45) is 0 Å². The number of nitrogens with zero attached hydrogens (tertiary/aromatic N) is 1. The highest BCUT2D eigenvalue weighted by Gasteiger charge is 2.04. The molecule has 0 saturated carbocycles. The number of nitrogens with one attached hydrogen (secondary N) is 2. The summed E-state index contributed by atoms with van der Waals surface area (Å²) in [7, 11) is 0.